The van der Waals surface area contributed by atoms with Gasteiger partial charge in [0.2, 0.25) is 0 Å². The first-order valence-corrected chi connectivity index (χ1v) is 19.6. The van der Waals surface area contributed by atoms with Gasteiger partial charge in [0.15, 0.2) is 0 Å². The molecule has 1 aliphatic rings. The van der Waals surface area contributed by atoms with Crippen LogP contribution in [0.1, 0.15) is 35.2 Å². The molecule has 4 heterocycles. The van der Waals surface area contributed by atoms with Gasteiger partial charge in [-0.3, -0.25) is 16.0 Å². The van der Waals surface area contributed by atoms with Crippen LogP contribution in [0.2, 0.25) is 0 Å². The molecule has 0 bridgehead atoms. The Morgan fingerprint density at radius 3 is 1.53 bits per heavy atom. The number of aromatic nitrogens is 2. The Bertz CT molecular complexity index is 3230. The zero-order chi connectivity index (χ0) is 37.5. The van der Waals surface area contributed by atoms with Crippen LogP contribution in [0, 0.1) is 0 Å². The van der Waals surface area contributed by atoms with Gasteiger partial charge in [-0.2, -0.15) is 0 Å². The molecule has 6 heteroatoms. The normalized spacial score (nSPS) is 17.4. The van der Waals surface area contributed by atoms with Gasteiger partial charge < -0.3 is 13.6 Å². The smallest absolute Gasteiger partial charge is 0.145 e. The van der Waals surface area contributed by atoms with Gasteiger partial charge in [0, 0.05) is 38.3 Å². The highest BCUT2D eigenvalue weighted by Gasteiger charge is 2.30. The minimum Gasteiger partial charge on any atom is -0.455 e. The van der Waals surface area contributed by atoms with Crippen LogP contribution in [-0.4, -0.2) is 9.13 Å². The van der Waals surface area contributed by atoms with Crippen LogP contribution in [-0.2, 0) is 0 Å². The van der Waals surface area contributed by atoms with Gasteiger partial charge in [0.25, 0.3) is 0 Å². The highest BCUT2D eigenvalue weighted by molar-refractivity contribution is 6.30. The molecule has 0 saturated carbocycles. The molecule has 0 amide bonds. The second-order valence-electron chi connectivity index (χ2n) is 15.0. The van der Waals surface area contributed by atoms with Gasteiger partial charge in [-0.15, -0.1) is 0 Å². The first-order valence-electron chi connectivity index (χ1n) is 19.6. The van der Waals surface area contributed by atoms with Gasteiger partial charge in [-0.1, -0.05) is 127 Å². The SMILES string of the molecule is c1ccc(C2NC(c3ccccc3)NC(c3ccc(-n4c5ccc6c7ccccc7oc6c5c5ccc6c(c7ccccc7n6-c6ccccc6)c54)cc3)N2)cc1. The lowest BCUT2D eigenvalue weighted by atomic mass is 10.0. The molecule has 3 N–H and O–H groups in total. The average molecular weight is 736 g/mol. The lowest BCUT2D eigenvalue weighted by Gasteiger charge is -2.39. The van der Waals surface area contributed by atoms with Crippen molar-refractivity contribution in [2.45, 2.75) is 18.5 Å². The second kappa shape index (κ2) is 12.8. The van der Waals surface area contributed by atoms with Crippen molar-refractivity contribution in [3.8, 4) is 11.4 Å². The van der Waals surface area contributed by atoms with E-state index in [1.54, 1.807) is 0 Å². The molecule has 0 aliphatic carbocycles. The van der Waals surface area contributed by atoms with E-state index in [4.69, 9.17) is 4.42 Å². The third-order valence-electron chi connectivity index (χ3n) is 11.8. The van der Waals surface area contributed by atoms with Crippen molar-refractivity contribution in [1.29, 1.82) is 0 Å². The van der Waals surface area contributed by atoms with Crippen molar-refractivity contribution in [2.75, 3.05) is 0 Å². The maximum atomic E-state index is 6.75. The average Bonchev–Trinajstić information content (AvgIpc) is 3.95. The Morgan fingerprint density at radius 1 is 0.351 bits per heavy atom. The van der Waals surface area contributed by atoms with Crippen LogP contribution in [0.5, 0.6) is 0 Å². The van der Waals surface area contributed by atoms with E-state index in [1.165, 1.54) is 43.8 Å². The highest BCUT2D eigenvalue weighted by atomic mass is 16.3. The van der Waals surface area contributed by atoms with E-state index in [0.717, 1.165) is 49.8 Å². The second-order valence-corrected chi connectivity index (χ2v) is 15.0. The molecule has 1 fully saturated rings. The largest absolute Gasteiger partial charge is 0.455 e. The Kier molecular flexibility index (Phi) is 7.25. The molecule has 272 valence electrons. The summed E-state index contributed by atoms with van der Waals surface area (Å²) in [6, 6.07) is 67.2. The standard InChI is InChI=1S/C51H37N5O/c1-4-14-32(15-5-1)49-52-50(33-16-6-2-7-17-33)54-51(53-49)34-24-26-36(27-25-34)56-43-30-28-38-37-20-11-13-23-44(37)57-48(38)46(43)40-29-31-42-45(47(40)56)39-21-10-12-22-41(39)55(42)35-18-8-3-9-19-35/h1-31,49-54H. The third kappa shape index (κ3) is 5.02. The Balaban J connectivity index is 1.08. The first-order chi connectivity index (χ1) is 28.3. The van der Waals surface area contributed by atoms with Crippen molar-refractivity contribution < 1.29 is 4.42 Å². The summed E-state index contributed by atoms with van der Waals surface area (Å²) in [6.45, 7) is 0. The first kappa shape index (κ1) is 32.3. The van der Waals surface area contributed by atoms with Crippen molar-refractivity contribution in [3.05, 3.63) is 205 Å². The van der Waals surface area contributed by atoms with Gasteiger partial charge >= 0.3 is 0 Å². The number of fused-ring (bicyclic) bond motifs is 11. The topological polar surface area (TPSA) is 59.1 Å². The predicted molar refractivity (Wildman–Crippen MR) is 233 cm³/mol. The van der Waals surface area contributed by atoms with Gasteiger partial charge in [-0.25, -0.2) is 0 Å². The van der Waals surface area contributed by atoms with Crippen LogP contribution in [0.4, 0.5) is 0 Å². The molecule has 0 radical (unpaired) electrons. The number of para-hydroxylation sites is 3. The van der Waals surface area contributed by atoms with Crippen LogP contribution >= 0.6 is 0 Å². The fourth-order valence-electron chi connectivity index (χ4n) is 9.27. The van der Waals surface area contributed by atoms with Crippen LogP contribution in [0.3, 0.4) is 0 Å². The maximum Gasteiger partial charge on any atom is 0.145 e. The molecule has 2 unspecified atom stereocenters. The van der Waals surface area contributed by atoms with Crippen LogP contribution in [0.25, 0.3) is 76.9 Å². The molecule has 57 heavy (non-hydrogen) atoms. The van der Waals surface area contributed by atoms with Crippen molar-refractivity contribution >= 4 is 65.6 Å². The molecule has 1 saturated heterocycles. The fourth-order valence-corrected chi connectivity index (χ4v) is 9.27. The molecule has 3 aromatic heterocycles. The van der Waals surface area contributed by atoms with Gasteiger partial charge in [0.05, 0.1) is 46.0 Å². The molecule has 8 aromatic carbocycles. The number of nitrogens with one attached hydrogen (secondary N) is 3. The Hall–Kier alpha value is -6.96. The summed E-state index contributed by atoms with van der Waals surface area (Å²) in [6.07, 6.45) is -0.179. The Labute approximate surface area is 328 Å². The van der Waals surface area contributed by atoms with E-state index < -0.39 is 0 Å². The number of nitrogens with zero attached hydrogens (tertiary/aromatic N) is 2. The molecule has 0 spiro atoms. The number of hydrogen-bond donors (Lipinski definition) is 3. The molecular weight excluding hydrogens is 699 g/mol. The summed E-state index contributed by atoms with van der Waals surface area (Å²) in [7, 11) is 0. The van der Waals surface area contributed by atoms with Crippen LogP contribution < -0.4 is 16.0 Å². The van der Waals surface area contributed by atoms with E-state index in [0.29, 0.717) is 0 Å². The monoisotopic (exact) mass is 735 g/mol. The summed E-state index contributed by atoms with van der Waals surface area (Å²) >= 11 is 0. The highest BCUT2D eigenvalue weighted by Crippen LogP contribution is 2.45. The lowest BCUT2D eigenvalue weighted by molar-refractivity contribution is 0.203. The fraction of sp³-hybridized carbons (Fsp3) is 0.0588. The summed E-state index contributed by atoms with van der Waals surface area (Å²) in [4.78, 5) is 0. The van der Waals surface area contributed by atoms with E-state index in [2.05, 4.69) is 207 Å². The number of rotatable bonds is 5. The van der Waals surface area contributed by atoms with E-state index in [1.807, 2.05) is 6.07 Å². The van der Waals surface area contributed by atoms with E-state index in [9.17, 15) is 0 Å². The van der Waals surface area contributed by atoms with Gasteiger partial charge in [-0.05, 0) is 77.4 Å². The zero-order valence-corrected chi connectivity index (χ0v) is 30.9. The molecule has 11 aromatic rings. The number of furan rings is 1. The summed E-state index contributed by atoms with van der Waals surface area (Å²) in [5.74, 6) is 0. The third-order valence-corrected chi connectivity index (χ3v) is 11.8. The van der Waals surface area contributed by atoms with Crippen molar-refractivity contribution in [1.82, 2.24) is 25.1 Å². The van der Waals surface area contributed by atoms with E-state index in [-0.39, 0.29) is 18.5 Å². The quantitative estimate of drug-likeness (QED) is 0.165. The van der Waals surface area contributed by atoms with E-state index >= 15 is 0 Å². The zero-order valence-electron chi connectivity index (χ0n) is 30.9. The molecule has 12 rings (SSSR count). The molecular formula is C51H37N5O. The van der Waals surface area contributed by atoms with Crippen LogP contribution in [0.15, 0.2) is 192 Å². The Morgan fingerprint density at radius 2 is 0.860 bits per heavy atom. The maximum absolute atomic E-state index is 6.75. The summed E-state index contributed by atoms with van der Waals surface area (Å²) < 4.78 is 11.6. The van der Waals surface area contributed by atoms with Gasteiger partial charge in [0.1, 0.15) is 11.2 Å². The molecule has 6 nitrogen and oxygen atoms in total. The minimum absolute atomic E-state index is 0.0406. The molecule has 1 aliphatic heterocycles. The number of benzene rings is 8. The van der Waals surface area contributed by atoms with Crippen molar-refractivity contribution in [2.24, 2.45) is 0 Å². The summed E-state index contributed by atoms with van der Waals surface area (Å²) in [5.41, 5.74) is 12.2. The predicted octanol–water partition coefficient (Wildman–Crippen LogP) is 12.0. The lowest BCUT2D eigenvalue weighted by Crippen LogP contribution is -2.54. The minimum atomic E-state index is -0.0976. The molecule has 2 atom stereocenters. The van der Waals surface area contributed by atoms with Crippen molar-refractivity contribution in [3.63, 3.8) is 0 Å². The number of hydrogen-bond acceptors (Lipinski definition) is 4. The summed E-state index contributed by atoms with van der Waals surface area (Å²) in [5, 5.41) is 18.5.